The van der Waals surface area contributed by atoms with E-state index in [4.69, 9.17) is 4.74 Å². The van der Waals surface area contributed by atoms with E-state index in [1.165, 1.54) is 19.3 Å². The highest BCUT2D eigenvalue weighted by Crippen LogP contribution is 2.35. The average molecular weight is 371 g/mol. The van der Waals surface area contributed by atoms with Crippen molar-refractivity contribution in [2.24, 2.45) is 5.92 Å². The molecule has 1 amide bonds. The topological polar surface area (TPSA) is 62.7 Å². The highest BCUT2D eigenvalue weighted by molar-refractivity contribution is 5.94. The first kappa shape index (κ1) is 18.4. The summed E-state index contributed by atoms with van der Waals surface area (Å²) in [6, 6.07) is 3.61. The molecule has 146 valence electrons. The van der Waals surface area contributed by atoms with Gasteiger partial charge >= 0.3 is 0 Å². The van der Waals surface area contributed by atoms with Crippen LogP contribution in [0.25, 0.3) is 0 Å². The van der Waals surface area contributed by atoms with Crippen LogP contribution >= 0.6 is 0 Å². The molecule has 1 aromatic rings. The van der Waals surface area contributed by atoms with Crippen molar-refractivity contribution in [1.82, 2.24) is 9.88 Å². The third-order valence-corrected chi connectivity index (χ3v) is 6.45. The molecule has 1 aliphatic carbocycles. The monoisotopic (exact) mass is 371 g/mol. The summed E-state index contributed by atoms with van der Waals surface area (Å²) in [6.45, 7) is 5.44. The average Bonchev–Trinajstić information content (AvgIpc) is 2.77. The third-order valence-electron chi connectivity index (χ3n) is 6.45. The van der Waals surface area contributed by atoms with Crippen LogP contribution in [-0.2, 0) is 9.53 Å². The summed E-state index contributed by atoms with van der Waals surface area (Å²) >= 11 is 0. The molecule has 0 atom stereocenters. The van der Waals surface area contributed by atoms with E-state index in [0.717, 1.165) is 44.8 Å². The van der Waals surface area contributed by atoms with Crippen molar-refractivity contribution in [3.05, 3.63) is 23.9 Å². The molecule has 3 aliphatic rings. The van der Waals surface area contributed by atoms with E-state index < -0.39 is 0 Å². The van der Waals surface area contributed by atoms with Gasteiger partial charge in [0.1, 0.15) is 5.82 Å². The Morgan fingerprint density at radius 2 is 2.07 bits per heavy atom. The Balaban J connectivity index is 1.38. The zero-order valence-electron chi connectivity index (χ0n) is 16.2. The van der Waals surface area contributed by atoms with E-state index in [0.29, 0.717) is 24.5 Å². The standard InChI is InChI=1S/C21H29N3O3/c1-16(25)18-5-8-22-19(13-18)23-9-6-21(7-10-23)14-20(26)24(11-12-27-21)15-17-3-2-4-17/h5,8,13,17H,2-4,6-7,9-12,14-15H2,1H3. The fourth-order valence-corrected chi connectivity index (χ4v) is 4.39. The van der Waals surface area contributed by atoms with Crippen molar-refractivity contribution in [3.8, 4) is 0 Å². The van der Waals surface area contributed by atoms with Gasteiger partial charge in [0.25, 0.3) is 0 Å². The number of pyridine rings is 1. The number of carbonyl (C=O) groups excluding carboxylic acids is 2. The molecule has 2 aliphatic heterocycles. The van der Waals surface area contributed by atoms with Crippen LogP contribution in [0.1, 0.15) is 55.8 Å². The number of Topliss-reactive ketones (excluding diaryl/α,β-unsaturated/α-hetero) is 1. The number of hydrogen-bond acceptors (Lipinski definition) is 5. The van der Waals surface area contributed by atoms with Crippen molar-refractivity contribution >= 4 is 17.5 Å². The number of carbonyl (C=O) groups is 2. The van der Waals surface area contributed by atoms with Gasteiger partial charge in [-0.2, -0.15) is 0 Å². The zero-order valence-corrected chi connectivity index (χ0v) is 16.2. The molecule has 0 bridgehead atoms. The minimum atomic E-state index is -0.333. The summed E-state index contributed by atoms with van der Waals surface area (Å²) in [7, 11) is 0. The number of ether oxygens (including phenoxy) is 1. The molecule has 1 spiro atoms. The van der Waals surface area contributed by atoms with Crippen LogP contribution in [0, 0.1) is 5.92 Å². The van der Waals surface area contributed by atoms with Crippen molar-refractivity contribution in [3.63, 3.8) is 0 Å². The van der Waals surface area contributed by atoms with Gasteiger partial charge < -0.3 is 14.5 Å². The van der Waals surface area contributed by atoms with Crippen LogP contribution < -0.4 is 4.90 Å². The molecule has 0 aromatic carbocycles. The number of anilines is 1. The van der Waals surface area contributed by atoms with E-state index in [1.54, 1.807) is 19.2 Å². The Bertz CT molecular complexity index is 708. The molecule has 0 unspecified atom stereocenters. The predicted octanol–water partition coefficient (Wildman–Crippen LogP) is 2.67. The fraction of sp³-hybridized carbons (Fsp3) is 0.667. The maximum absolute atomic E-state index is 12.8. The number of amides is 1. The second-order valence-corrected chi connectivity index (χ2v) is 8.29. The van der Waals surface area contributed by atoms with Crippen molar-refractivity contribution in [2.75, 3.05) is 37.7 Å². The number of ketones is 1. The minimum absolute atomic E-state index is 0.0522. The van der Waals surface area contributed by atoms with Crippen LogP contribution in [-0.4, -0.2) is 60.0 Å². The van der Waals surface area contributed by atoms with Gasteiger partial charge in [0, 0.05) is 37.9 Å². The first-order valence-electron chi connectivity index (χ1n) is 10.2. The lowest BCUT2D eigenvalue weighted by atomic mass is 9.84. The number of piperidine rings is 1. The van der Waals surface area contributed by atoms with E-state index in [-0.39, 0.29) is 17.3 Å². The van der Waals surface area contributed by atoms with Crippen LogP contribution in [0.15, 0.2) is 18.3 Å². The highest BCUT2D eigenvalue weighted by atomic mass is 16.5. The van der Waals surface area contributed by atoms with Gasteiger partial charge in [-0.15, -0.1) is 0 Å². The van der Waals surface area contributed by atoms with Crippen molar-refractivity contribution in [2.45, 2.75) is 51.0 Å². The van der Waals surface area contributed by atoms with Crippen LogP contribution in [0.2, 0.25) is 0 Å². The fourth-order valence-electron chi connectivity index (χ4n) is 4.39. The van der Waals surface area contributed by atoms with E-state index in [9.17, 15) is 9.59 Å². The summed E-state index contributed by atoms with van der Waals surface area (Å²) in [5.41, 5.74) is 0.355. The van der Waals surface area contributed by atoms with Gasteiger partial charge in [-0.25, -0.2) is 4.98 Å². The molecule has 1 saturated carbocycles. The lowest BCUT2D eigenvalue weighted by Crippen LogP contribution is -2.47. The number of hydrogen-bond donors (Lipinski definition) is 0. The SMILES string of the molecule is CC(=O)c1ccnc(N2CCC3(CC2)CC(=O)N(CC2CCC2)CCO3)c1. The number of aromatic nitrogens is 1. The Kier molecular flexibility index (Phi) is 5.17. The maximum atomic E-state index is 12.8. The van der Waals surface area contributed by atoms with Gasteiger partial charge in [0.15, 0.2) is 5.78 Å². The van der Waals surface area contributed by atoms with Gasteiger partial charge in [-0.3, -0.25) is 9.59 Å². The molecule has 6 nitrogen and oxygen atoms in total. The first-order valence-corrected chi connectivity index (χ1v) is 10.2. The van der Waals surface area contributed by atoms with Crippen LogP contribution in [0.3, 0.4) is 0 Å². The lowest BCUT2D eigenvalue weighted by molar-refractivity contribution is -0.135. The molecule has 4 rings (SSSR count). The molecule has 1 aromatic heterocycles. The van der Waals surface area contributed by atoms with Gasteiger partial charge in [0.05, 0.1) is 18.6 Å². The normalized spacial score (nSPS) is 23.2. The molecule has 6 heteroatoms. The maximum Gasteiger partial charge on any atom is 0.225 e. The summed E-state index contributed by atoms with van der Waals surface area (Å²) < 4.78 is 6.25. The predicted molar refractivity (Wildman–Crippen MR) is 103 cm³/mol. The second-order valence-electron chi connectivity index (χ2n) is 8.29. The van der Waals surface area contributed by atoms with E-state index in [2.05, 4.69) is 9.88 Å². The summed E-state index contributed by atoms with van der Waals surface area (Å²) in [5, 5.41) is 0. The minimum Gasteiger partial charge on any atom is -0.372 e. The molecule has 3 fully saturated rings. The third kappa shape index (κ3) is 4.00. The van der Waals surface area contributed by atoms with Crippen molar-refractivity contribution in [1.29, 1.82) is 0 Å². The second kappa shape index (κ2) is 7.58. The Morgan fingerprint density at radius 1 is 1.30 bits per heavy atom. The smallest absolute Gasteiger partial charge is 0.225 e. The van der Waals surface area contributed by atoms with Gasteiger partial charge in [-0.1, -0.05) is 6.42 Å². The molecule has 3 heterocycles. The Labute approximate surface area is 160 Å². The summed E-state index contributed by atoms with van der Waals surface area (Å²) in [4.78, 5) is 33.1. The van der Waals surface area contributed by atoms with Crippen molar-refractivity contribution < 1.29 is 14.3 Å². The highest BCUT2D eigenvalue weighted by Gasteiger charge is 2.41. The largest absolute Gasteiger partial charge is 0.372 e. The molecule has 0 radical (unpaired) electrons. The summed E-state index contributed by atoms with van der Waals surface area (Å²) in [5.74, 6) is 1.84. The molecular weight excluding hydrogens is 342 g/mol. The quantitative estimate of drug-likeness (QED) is 0.762. The van der Waals surface area contributed by atoms with E-state index in [1.807, 2.05) is 11.0 Å². The lowest BCUT2D eigenvalue weighted by Gasteiger charge is -2.41. The van der Waals surface area contributed by atoms with Crippen LogP contribution in [0.4, 0.5) is 5.82 Å². The Hall–Kier alpha value is -1.95. The molecular formula is C21H29N3O3. The van der Waals surface area contributed by atoms with Gasteiger partial charge in [0.2, 0.25) is 5.91 Å². The first-order chi connectivity index (χ1) is 13.0. The summed E-state index contributed by atoms with van der Waals surface area (Å²) in [6.07, 6.45) is 7.66. The molecule has 0 N–H and O–H groups in total. The molecule has 2 saturated heterocycles. The number of rotatable bonds is 4. The van der Waals surface area contributed by atoms with E-state index >= 15 is 0 Å². The van der Waals surface area contributed by atoms with Gasteiger partial charge in [-0.05, 0) is 50.7 Å². The number of nitrogens with zero attached hydrogens (tertiary/aromatic N) is 3. The Morgan fingerprint density at radius 3 is 2.74 bits per heavy atom. The van der Waals surface area contributed by atoms with Crippen LogP contribution in [0.5, 0.6) is 0 Å². The zero-order chi connectivity index (χ0) is 18.9. The molecule has 27 heavy (non-hydrogen) atoms.